The van der Waals surface area contributed by atoms with E-state index in [1.807, 2.05) is 11.6 Å². The molecule has 1 heterocycles. The smallest absolute Gasteiger partial charge is 0.324 e. The Morgan fingerprint density at radius 3 is 2.59 bits per heavy atom. The Kier molecular flexibility index (Phi) is 4.63. The molecule has 6 nitrogen and oxygen atoms in total. The quantitative estimate of drug-likeness (QED) is 0.682. The van der Waals surface area contributed by atoms with Crippen LogP contribution in [0.1, 0.15) is 11.8 Å². The van der Waals surface area contributed by atoms with Crippen LogP contribution in [0.2, 0.25) is 0 Å². The van der Waals surface area contributed by atoms with Gasteiger partial charge in [-0.15, -0.1) is 11.3 Å². The van der Waals surface area contributed by atoms with Crippen LogP contribution in [0, 0.1) is 0 Å². The van der Waals surface area contributed by atoms with Crippen LogP contribution in [-0.2, 0) is 21.2 Å². The van der Waals surface area contributed by atoms with Gasteiger partial charge in [0.2, 0.25) is 0 Å². The Labute approximate surface area is 103 Å². The first-order chi connectivity index (χ1) is 7.90. The van der Waals surface area contributed by atoms with Gasteiger partial charge in [-0.05, 0) is 18.6 Å². The van der Waals surface area contributed by atoms with E-state index in [-0.39, 0.29) is 4.21 Å². The number of aliphatic carboxylic acids is 1. The van der Waals surface area contributed by atoms with E-state index in [0.29, 0.717) is 6.42 Å². The minimum atomic E-state index is -3.88. The fraction of sp³-hybridized carbons (Fsp3) is 0.444. The molecule has 0 spiro atoms. The van der Waals surface area contributed by atoms with Gasteiger partial charge in [0.25, 0.3) is 10.0 Å². The van der Waals surface area contributed by atoms with Crippen LogP contribution < -0.4 is 4.72 Å². The molecule has 17 heavy (non-hydrogen) atoms. The fourth-order valence-electron chi connectivity index (χ4n) is 1.10. The number of carboxylic acids is 1. The van der Waals surface area contributed by atoms with Crippen molar-refractivity contribution in [3.05, 3.63) is 17.0 Å². The van der Waals surface area contributed by atoms with Crippen molar-refractivity contribution in [2.24, 2.45) is 0 Å². The topological polar surface area (TPSA) is 104 Å². The molecule has 0 saturated carbocycles. The van der Waals surface area contributed by atoms with Crippen LogP contribution in [-0.4, -0.2) is 37.2 Å². The fourth-order valence-corrected chi connectivity index (χ4v) is 3.60. The van der Waals surface area contributed by atoms with E-state index >= 15 is 0 Å². The average Bonchev–Trinajstić information content (AvgIpc) is 2.74. The predicted octanol–water partition coefficient (Wildman–Crippen LogP) is 0.0343. The number of aliphatic hydroxyl groups excluding tert-OH is 1. The molecule has 0 aromatic carbocycles. The van der Waals surface area contributed by atoms with Crippen LogP contribution in [0.5, 0.6) is 0 Å². The molecule has 0 unspecified atom stereocenters. The molecule has 1 aromatic heterocycles. The third-order valence-electron chi connectivity index (χ3n) is 2.03. The lowest BCUT2D eigenvalue weighted by Crippen LogP contribution is -2.42. The van der Waals surface area contributed by atoms with Gasteiger partial charge in [0.15, 0.2) is 0 Å². The summed E-state index contributed by atoms with van der Waals surface area (Å²) in [5, 5.41) is 17.4. The van der Waals surface area contributed by atoms with Crippen molar-refractivity contribution in [3.63, 3.8) is 0 Å². The minimum absolute atomic E-state index is 0.0500. The minimum Gasteiger partial charge on any atom is -0.480 e. The van der Waals surface area contributed by atoms with Gasteiger partial charge in [-0.2, -0.15) is 4.72 Å². The molecule has 1 aromatic rings. The summed E-state index contributed by atoms with van der Waals surface area (Å²) in [4.78, 5) is 11.5. The van der Waals surface area contributed by atoms with Crippen molar-refractivity contribution in [1.82, 2.24) is 4.72 Å². The third kappa shape index (κ3) is 3.50. The summed E-state index contributed by atoms with van der Waals surface area (Å²) in [7, 11) is -3.88. The first-order valence-corrected chi connectivity index (χ1v) is 7.15. The van der Waals surface area contributed by atoms with E-state index in [0.717, 1.165) is 16.2 Å². The van der Waals surface area contributed by atoms with E-state index in [2.05, 4.69) is 0 Å². The summed E-state index contributed by atoms with van der Waals surface area (Å²) in [5.74, 6) is -1.41. The second kappa shape index (κ2) is 5.58. The van der Waals surface area contributed by atoms with E-state index in [4.69, 9.17) is 10.2 Å². The van der Waals surface area contributed by atoms with Crippen LogP contribution in [0.3, 0.4) is 0 Å². The van der Waals surface area contributed by atoms with E-state index in [1.165, 1.54) is 6.07 Å². The Morgan fingerprint density at radius 2 is 2.18 bits per heavy atom. The summed E-state index contributed by atoms with van der Waals surface area (Å²) in [6.45, 7) is 1.10. The number of hydrogen-bond donors (Lipinski definition) is 3. The molecule has 0 saturated heterocycles. The van der Waals surface area contributed by atoms with Crippen molar-refractivity contribution in [1.29, 1.82) is 0 Å². The van der Waals surface area contributed by atoms with Crippen molar-refractivity contribution in [2.45, 2.75) is 23.6 Å². The Balaban J connectivity index is 2.91. The van der Waals surface area contributed by atoms with Gasteiger partial charge >= 0.3 is 5.97 Å². The van der Waals surface area contributed by atoms with Crippen molar-refractivity contribution < 1.29 is 23.4 Å². The number of thiophene rings is 1. The molecule has 96 valence electrons. The second-order valence-electron chi connectivity index (χ2n) is 3.27. The highest BCUT2D eigenvalue weighted by atomic mass is 32.2. The largest absolute Gasteiger partial charge is 0.480 e. The molecule has 0 amide bonds. The first kappa shape index (κ1) is 14.1. The van der Waals surface area contributed by atoms with Crippen LogP contribution >= 0.6 is 11.3 Å². The normalized spacial score (nSPS) is 13.5. The van der Waals surface area contributed by atoms with Gasteiger partial charge in [0.05, 0.1) is 6.61 Å². The van der Waals surface area contributed by atoms with E-state index in [9.17, 15) is 13.2 Å². The Morgan fingerprint density at radius 1 is 1.53 bits per heavy atom. The second-order valence-corrected chi connectivity index (χ2v) is 6.38. The lowest BCUT2D eigenvalue weighted by atomic mass is 10.3. The number of aliphatic hydroxyl groups is 1. The highest BCUT2D eigenvalue weighted by molar-refractivity contribution is 7.91. The molecule has 8 heteroatoms. The summed E-state index contributed by atoms with van der Waals surface area (Å²) >= 11 is 1.08. The zero-order valence-electron chi connectivity index (χ0n) is 9.08. The lowest BCUT2D eigenvalue weighted by molar-refractivity contribution is -0.139. The monoisotopic (exact) mass is 279 g/mol. The van der Waals surface area contributed by atoms with Gasteiger partial charge < -0.3 is 10.2 Å². The molecule has 0 bridgehead atoms. The zero-order valence-corrected chi connectivity index (χ0v) is 10.7. The van der Waals surface area contributed by atoms with Gasteiger partial charge in [0.1, 0.15) is 10.3 Å². The predicted molar refractivity (Wildman–Crippen MR) is 62.5 cm³/mol. The van der Waals surface area contributed by atoms with Gasteiger partial charge in [0, 0.05) is 4.88 Å². The number of carbonyl (C=O) groups is 1. The van der Waals surface area contributed by atoms with Crippen molar-refractivity contribution in [3.8, 4) is 0 Å². The number of carboxylic acid groups (broad SMARTS) is 1. The van der Waals surface area contributed by atoms with Crippen LogP contribution in [0.25, 0.3) is 0 Å². The zero-order chi connectivity index (χ0) is 13.1. The molecular weight excluding hydrogens is 266 g/mol. The number of rotatable bonds is 6. The molecule has 1 rings (SSSR count). The Bertz CT molecular complexity index is 493. The molecular formula is C9H13NO5S2. The Hall–Kier alpha value is -0.960. The highest BCUT2D eigenvalue weighted by Gasteiger charge is 2.25. The maximum Gasteiger partial charge on any atom is 0.324 e. The van der Waals surface area contributed by atoms with Crippen LogP contribution in [0.4, 0.5) is 0 Å². The lowest BCUT2D eigenvalue weighted by Gasteiger charge is -2.10. The number of sulfonamides is 1. The average molecular weight is 279 g/mol. The third-order valence-corrected chi connectivity index (χ3v) is 5.22. The summed E-state index contributed by atoms with van der Waals surface area (Å²) in [6.07, 6.45) is 0.711. The molecule has 0 fully saturated rings. The summed E-state index contributed by atoms with van der Waals surface area (Å²) < 4.78 is 25.5. The standard InChI is InChI=1S/C9H13NO5S2/c1-2-6-3-4-8(16-6)17(14,15)10-7(5-11)9(12)13/h3-4,7,10-11H,2,5H2,1H3,(H,12,13)/t7-/m1/s1. The molecule has 0 aliphatic rings. The molecule has 1 atom stereocenters. The maximum atomic E-state index is 11.8. The maximum absolute atomic E-state index is 11.8. The highest BCUT2D eigenvalue weighted by Crippen LogP contribution is 2.21. The number of nitrogens with one attached hydrogen (secondary N) is 1. The van der Waals surface area contributed by atoms with Gasteiger partial charge in [-0.25, -0.2) is 8.42 Å². The van der Waals surface area contributed by atoms with Crippen LogP contribution in [0.15, 0.2) is 16.3 Å². The number of aryl methyl sites for hydroxylation is 1. The van der Waals surface area contributed by atoms with Gasteiger partial charge in [-0.1, -0.05) is 6.92 Å². The molecule has 0 aliphatic carbocycles. The van der Waals surface area contributed by atoms with Gasteiger partial charge in [-0.3, -0.25) is 4.79 Å². The number of hydrogen-bond acceptors (Lipinski definition) is 5. The summed E-state index contributed by atoms with van der Waals surface area (Å²) in [6, 6.07) is 1.57. The molecule has 3 N–H and O–H groups in total. The van der Waals surface area contributed by atoms with Crippen molar-refractivity contribution in [2.75, 3.05) is 6.61 Å². The summed E-state index contributed by atoms with van der Waals surface area (Å²) in [5.41, 5.74) is 0. The molecule has 0 radical (unpaired) electrons. The first-order valence-electron chi connectivity index (χ1n) is 4.85. The molecule has 0 aliphatic heterocycles. The van der Waals surface area contributed by atoms with Crippen molar-refractivity contribution >= 4 is 27.3 Å². The SMILES string of the molecule is CCc1ccc(S(=O)(=O)N[C@H](CO)C(=O)O)s1. The van der Waals surface area contributed by atoms with E-state index < -0.39 is 28.6 Å². The van der Waals surface area contributed by atoms with E-state index in [1.54, 1.807) is 6.07 Å².